The summed E-state index contributed by atoms with van der Waals surface area (Å²) in [6, 6.07) is 6.77. The number of phenolic OH excluding ortho intramolecular Hbond substituents is 1. The SMILES string of the molecule is CCC(O)(CCN1CCCCCC1=O)c1cccc(O)c1. The van der Waals surface area contributed by atoms with Crippen molar-refractivity contribution < 1.29 is 15.0 Å². The lowest BCUT2D eigenvalue weighted by Gasteiger charge is -2.31. The molecule has 21 heavy (non-hydrogen) atoms. The van der Waals surface area contributed by atoms with E-state index < -0.39 is 5.60 Å². The monoisotopic (exact) mass is 291 g/mol. The molecule has 1 heterocycles. The average Bonchev–Trinajstić information content (AvgIpc) is 2.69. The zero-order valence-corrected chi connectivity index (χ0v) is 12.7. The molecule has 1 atom stereocenters. The molecule has 0 bridgehead atoms. The summed E-state index contributed by atoms with van der Waals surface area (Å²) in [5.41, 5.74) is -0.280. The molecular weight excluding hydrogens is 266 g/mol. The fraction of sp³-hybridized carbons (Fsp3) is 0.588. The van der Waals surface area contributed by atoms with Crippen LogP contribution in [0.1, 0.15) is 51.0 Å². The zero-order chi connectivity index (χ0) is 15.3. The van der Waals surface area contributed by atoms with E-state index in [9.17, 15) is 15.0 Å². The molecule has 1 aliphatic heterocycles. The molecule has 0 spiro atoms. The van der Waals surface area contributed by atoms with Crippen molar-refractivity contribution in [3.63, 3.8) is 0 Å². The van der Waals surface area contributed by atoms with Crippen molar-refractivity contribution in [3.8, 4) is 5.75 Å². The summed E-state index contributed by atoms with van der Waals surface area (Å²) in [5, 5.41) is 20.4. The number of carbonyl (C=O) groups excluding carboxylic acids is 1. The van der Waals surface area contributed by atoms with Gasteiger partial charge in [-0.05, 0) is 43.4 Å². The third-order valence-corrected chi connectivity index (χ3v) is 4.44. The van der Waals surface area contributed by atoms with Gasteiger partial charge in [-0.1, -0.05) is 25.5 Å². The number of carbonyl (C=O) groups is 1. The summed E-state index contributed by atoms with van der Waals surface area (Å²) >= 11 is 0. The lowest BCUT2D eigenvalue weighted by Crippen LogP contribution is -2.36. The Morgan fingerprint density at radius 1 is 1.29 bits per heavy atom. The Hall–Kier alpha value is -1.55. The first-order valence-corrected chi connectivity index (χ1v) is 7.85. The van der Waals surface area contributed by atoms with Crippen LogP contribution in [0.4, 0.5) is 0 Å². The Bertz CT molecular complexity index is 489. The van der Waals surface area contributed by atoms with Gasteiger partial charge in [0.1, 0.15) is 5.75 Å². The minimum Gasteiger partial charge on any atom is -0.508 e. The topological polar surface area (TPSA) is 60.8 Å². The van der Waals surface area contributed by atoms with Crippen molar-refractivity contribution in [2.75, 3.05) is 13.1 Å². The van der Waals surface area contributed by atoms with E-state index in [1.807, 2.05) is 17.9 Å². The first-order valence-electron chi connectivity index (χ1n) is 7.85. The van der Waals surface area contributed by atoms with E-state index in [0.717, 1.165) is 25.8 Å². The molecule has 1 aliphatic rings. The molecule has 1 aromatic rings. The van der Waals surface area contributed by atoms with Gasteiger partial charge in [-0.3, -0.25) is 4.79 Å². The Labute approximate surface area is 126 Å². The fourth-order valence-corrected chi connectivity index (χ4v) is 2.92. The van der Waals surface area contributed by atoms with Gasteiger partial charge in [-0.25, -0.2) is 0 Å². The number of hydrogen-bond acceptors (Lipinski definition) is 3. The molecule has 116 valence electrons. The summed E-state index contributed by atoms with van der Waals surface area (Å²) in [6.45, 7) is 3.28. The molecule has 0 aliphatic carbocycles. The van der Waals surface area contributed by atoms with E-state index in [4.69, 9.17) is 0 Å². The number of phenols is 1. The van der Waals surface area contributed by atoms with Crippen LogP contribution >= 0.6 is 0 Å². The van der Waals surface area contributed by atoms with Crippen LogP contribution < -0.4 is 0 Å². The van der Waals surface area contributed by atoms with E-state index in [0.29, 0.717) is 31.4 Å². The summed E-state index contributed by atoms with van der Waals surface area (Å²) in [4.78, 5) is 13.9. The number of aromatic hydroxyl groups is 1. The minimum absolute atomic E-state index is 0.158. The van der Waals surface area contributed by atoms with Crippen molar-refractivity contribution in [1.82, 2.24) is 4.90 Å². The van der Waals surface area contributed by atoms with Gasteiger partial charge in [-0.15, -0.1) is 0 Å². The lowest BCUT2D eigenvalue weighted by atomic mass is 9.87. The normalized spacial score (nSPS) is 19.1. The van der Waals surface area contributed by atoms with Gasteiger partial charge in [0.2, 0.25) is 5.91 Å². The van der Waals surface area contributed by atoms with Crippen LogP contribution in [-0.2, 0) is 10.4 Å². The van der Waals surface area contributed by atoms with Gasteiger partial charge in [0.05, 0.1) is 5.60 Å². The highest BCUT2D eigenvalue weighted by molar-refractivity contribution is 5.76. The molecule has 0 saturated carbocycles. The van der Waals surface area contributed by atoms with Crippen LogP contribution in [-0.4, -0.2) is 34.1 Å². The Kier molecular flexibility index (Phi) is 5.23. The predicted octanol–water partition coefficient (Wildman–Crippen LogP) is 2.78. The number of likely N-dealkylation sites (tertiary alicyclic amines) is 1. The van der Waals surface area contributed by atoms with E-state index in [1.54, 1.807) is 18.2 Å². The number of rotatable bonds is 5. The summed E-state index contributed by atoms with van der Waals surface area (Å²) < 4.78 is 0. The molecule has 1 amide bonds. The van der Waals surface area contributed by atoms with Crippen LogP contribution in [0.5, 0.6) is 5.75 Å². The summed E-state index contributed by atoms with van der Waals surface area (Å²) in [6.07, 6.45) is 4.79. The van der Waals surface area contributed by atoms with Crippen LogP contribution in [0.25, 0.3) is 0 Å². The smallest absolute Gasteiger partial charge is 0.222 e. The molecule has 1 saturated heterocycles. The first-order chi connectivity index (χ1) is 10.0. The van der Waals surface area contributed by atoms with Gasteiger partial charge < -0.3 is 15.1 Å². The summed E-state index contributed by atoms with van der Waals surface area (Å²) in [7, 11) is 0. The van der Waals surface area contributed by atoms with E-state index in [2.05, 4.69) is 0 Å². The third-order valence-electron chi connectivity index (χ3n) is 4.44. The van der Waals surface area contributed by atoms with Gasteiger partial charge in [0.25, 0.3) is 0 Å². The molecule has 4 nitrogen and oxygen atoms in total. The first kappa shape index (κ1) is 15.8. The van der Waals surface area contributed by atoms with Crippen molar-refractivity contribution in [2.24, 2.45) is 0 Å². The molecule has 1 aromatic carbocycles. The highest BCUT2D eigenvalue weighted by Crippen LogP contribution is 2.31. The van der Waals surface area contributed by atoms with Gasteiger partial charge in [0.15, 0.2) is 0 Å². The number of benzene rings is 1. The second kappa shape index (κ2) is 6.94. The summed E-state index contributed by atoms with van der Waals surface area (Å²) in [5.74, 6) is 0.354. The highest BCUT2D eigenvalue weighted by atomic mass is 16.3. The molecular formula is C17H25NO3. The van der Waals surface area contributed by atoms with Gasteiger partial charge >= 0.3 is 0 Å². The fourth-order valence-electron chi connectivity index (χ4n) is 2.92. The van der Waals surface area contributed by atoms with Crippen molar-refractivity contribution in [1.29, 1.82) is 0 Å². The number of aliphatic hydroxyl groups is 1. The average molecular weight is 291 g/mol. The van der Waals surface area contributed by atoms with Crippen molar-refractivity contribution in [2.45, 2.75) is 51.0 Å². The quantitative estimate of drug-likeness (QED) is 0.877. The Morgan fingerprint density at radius 3 is 2.81 bits per heavy atom. The maximum atomic E-state index is 12.0. The van der Waals surface area contributed by atoms with E-state index in [-0.39, 0.29) is 11.7 Å². The molecule has 1 fully saturated rings. The Balaban J connectivity index is 2.05. The molecule has 1 unspecified atom stereocenters. The van der Waals surface area contributed by atoms with E-state index >= 15 is 0 Å². The van der Waals surface area contributed by atoms with Crippen molar-refractivity contribution >= 4 is 5.91 Å². The number of nitrogens with zero attached hydrogens (tertiary/aromatic N) is 1. The molecule has 2 N–H and O–H groups in total. The minimum atomic E-state index is -0.995. The van der Waals surface area contributed by atoms with Crippen molar-refractivity contribution in [3.05, 3.63) is 29.8 Å². The lowest BCUT2D eigenvalue weighted by molar-refractivity contribution is -0.131. The van der Waals surface area contributed by atoms with Crippen LogP contribution in [0.3, 0.4) is 0 Å². The van der Waals surface area contributed by atoms with Gasteiger partial charge in [-0.2, -0.15) is 0 Å². The molecule has 2 rings (SSSR count). The maximum absolute atomic E-state index is 12.0. The van der Waals surface area contributed by atoms with E-state index in [1.165, 1.54) is 0 Å². The molecule has 4 heteroatoms. The highest BCUT2D eigenvalue weighted by Gasteiger charge is 2.29. The van der Waals surface area contributed by atoms with Crippen LogP contribution in [0.15, 0.2) is 24.3 Å². The largest absolute Gasteiger partial charge is 0.508 e. The second-order valence-corrected chi connectivity index (χ2v) is 5.88. The van der Waals surface area contributed by atoms with Crippen LogP contribution in [0.2, 0.25) is 0 Å². The molecule has 0 aromatic heterocycles. The zero-order valence-electron chi connectivity index (χ0n) is 12.7. The predicted molar refractivity (Wildman–Crippen MR) is 82.0 cm³/mol. The second-order valence-electron chi connectivity index (χ2n) is 5.88. The molecule has 0 radical (unpaired) electrons. The third kappa shape index (κ3) is 3.97. The van der Waals surface area contributed by atoms with Crippen LogP contribution in [0, 0.1) is 0 Å². The number of hydrogen-bond donors (Lipinski definition) is 2. The maximum Gasteiger partial charge on any atom is 0.222 e. The van der Waals surface area contributed by atoms with Gasteiger partial charge in [0, 0.05) is 19.5 Å². The number of amides is 1. The standard InChI is InChI=1S/C17H25NO3/c1-2-17(21,14-7-6-8-15(19)13-14)10-12-18-11-5-3-4-9-16(18)20/h6-8,13,19,21H,2-5,9-12H2,1H3. The Morgan fingerprint density at radius 2 is 2.10 bits per heavy atom.